The third-order valence-electron chi connectivity index (χ3n) is 15.5. The summed E-state index contributed by atoms with van der Waals surface area (Å²) in [5, 5.41) is 76.5. The molecule has 7 fully saturated rings. The zero-order valence-electron chi connectivity index (χ0n) is 32.3. The highest BCUT2D eigenvalue weighted by Gasteiger charge is 2.71. The fourth-order valence-electron chi connectivity index (χ4n) is 12.6. The van der Waals surface area contributed by atoms with E-state index in [2.05, 4.69) is 33.4 Å². The third kappa shape index (κ3) is 6.13. The van der Waals surface area contributed by atoms with E-state index >= 15 is 0 Å². The van der Waals surface area contributed by atoms with Crippen molar-refractivity contribution in [2.24, 2.45) is 40.4 Å². The maximum absolute atomic E-state index is 12.0. The number of esters is 1. The van der Waals surface area contributed by atoms with Gasteiger partial charge in [0.2, 0.25) is 5.79 Å². The first-order valence-corrected chi connectivity index (χ1v) is 20.1. The maximum atomic E-state index is 12.0. The number of rotatable bonds is 5. The van der Waals surface area contributed by atoms with E-state index in [1.54, 1.807) is 0 Å². The highest BCUT2D eigenvalue weighted by Crippen LogP contribution is 2.71. The molecule has 0 aromatic heterocycles. The van der Waals surface area contributed by atoms with Crippen molar-refractivity contribution in [2.45, 2.75) is 165 Å². The summed E-state index contributed by atoms with van der Waals surface area (Å²) in [6.45, 7) is 13.0. The van der Waals surface area contributed by atoms with Crippen LogP contribution in [-0.4, -0.2) is 147 Å². The first-order valence-electron chi connectivity index (χ1n) is 20.1. The fourth-order valence-corrected chi connectivity index (χ4v) is 12.6. The average Bonchev–Trinajstić information content (AvgIpc) is 3.59. The van der Waals surface area contributed by atoms with Gasteiger partial charge in [-0.3, -0.25) is 4.79 Å². The topological polar surface area (TPSA) is 223 Å². The zero-order chi connectivity index (χ0) is 39.5. The number of allylic oxidation sites excluding steroid dienone is 1. The van der Waals surface area contributed by atoms with Crippen LogP contribution < -0.4 is 0 Å². The van der Waals surface area contributed by atoms with Gasteiger partial charge < -0.3 is 68.9 Å². The number of fused-ring (bicyclic) bond motifs is 7. The van der Waals surface area contributed by atoms with Gasteiger partial charge in [-0.2, -0.15) is 0 Å². The van der Waals surface area contributed by atoms with Crippen LogP contribution in [0, 0.1) is 40.4 Å². The Morgan fingerprint density at radius 1 is 0.945 bits per heavy atom. The average molecular weight is 781 g/mol. The summed E-state index contributed by atoms with van der Waals surface area (Å²) >= 11 is 0. The molecule has 4 aliphatic carbocycles. The molecule has 55 heavy (non-hydrogen) atoms. The minimum atomic E-state index is -1.55. The molecule has 0 aromatic rings. The van der Waals surface area contributed by atoms with Gasteiger partial charge in [-0.25, -0.2) is 0 Å². The minimum Gasteiger partial charge on any atom is -0.454 e. The molecule has 8 rings (SSSR count). The fraction of sp³-hybridized carbons (Fsp3) is 0.875. The first kappa shape index (κ1) is 40.2. The summed E-state index contributed by atoms with van der Waals surface area (Å²) in [4.78, 5) is 12.0. The van der Waals surface area contributed by atoms with E-state index in [-0.39, 0.29) is 54.3 Å². The van der Waals surface area contributed by atoms with Crippen LogP contribution in [0.2, 0.25) is 0 Å². The lowest BCUT2D eigenvalue weighted by molar-refractivity contribution is -0.363. The van der Waals surface area contributed by atoms with Crippen LogP contribution in [0.4, 0.5) is 0 Å². The molecule has 15 heteroatoms. The second-order valence-corrected chi connectivity index (χ2v) is 18.3. The molecule has 15 nitrogen and oxygen atoms in total. The second kappa shape index (κ2) is 14.3. The van der Waals surface area contributed by atoms with Gasteiger partial charge >= 0.3 is 5.97 Å². The van der Waals surface area contributed by atoms with Crippen LogP contribution in [0.5, 0.6) is 0 Å². The molecule has 7 N–H and O–H groups in total. The Bertz CT molecular complexity index is 1520. The number of carbonyl (C=O) groups excluding carboxylic acids is 1. The molecule has 1 spiro atoms. The summed E-state index contributed by atoms with van der Waals surface area (Å²) in [6, 6.07) is 0. The van der Waals surface area contributed by atoms with Crippen LogP contribution >= 0.6 is 0 Å². The van der Waals surface area contributed by atoms with Gasteiger partial charge in [0.05, 0.1) is 37.6 Å². The Balaban J connectivity index is 1.05. The SMILES string of the molecule is C=C1CO[C@@]2(O[C@H]3C[C@H]4[C@@H]5CC=C6C[C@@H](O)C[C@@H](O[C@@H]7OC[C@H](O)[C@H](O)[C@H]7O[C@@H]7O[C@@H](C)[C@H](O)[C@@H](O)[C@H]7OC(C)=O)[C@]6(C)[C@H]5CC[C@]4(C)[C@H]3[C@@H]2C)[C@@H](O)[C@H]1O. The quantitative estimate of drug-likeness (QED) is 0.149. The van der Waals surface area contributed by atoms with Gasteiger partial charge in [0.25, 0.3) is 0 Å². The lowest BCUT2D eigenvalue weighted by atomic mass is 9.46. The van der Waals surface area contributed by atoms with Crippen LogP contribution in [0.25, 0.3) is 0 Å². The predicted molar refractivity (Wildman–Crippen MR) is 189 cm³/mol. The maximum Gasteiger partial charge on any atom is 0.303 e. The summed E-state index contributed by atoms with van der Waals surface area (Å²) in [7, 11) is 0. The van der Waals surface area contributed by atoms with Crippen molar-refractivity contribution in [1.82, 2.24) is 0 Å². The lowest BCUT2D eigenvalue weighted by Gasteiger charge is -2.60. The van der Waals surface area contributed by atoms with Gasteiger partial charge in [-0.1, -0.05) is 39.0 Å². The molecule has 0 bridgehead atoms. The number of hydrogen-bond acceptors (Lipinski definition) is 15. The van der Waals surface area contributed by atoms with E-state index in [9.17, 15) is 40.5 Å². The van der Waals surface area contributed by atoms with Crippen LogP contribution in [-0.2, 0) is 38.0 Å². The third-order valence-corrected chi connectivity index (χ3v) is 15.5. The van der Waals surface area contributed by atoms with Crippen molar-refractivity contribution in [1.29, 1.82) is 0 Å². The number of ether oxygens (including phenoxy) is 7. The monoisotopic (exact) mass is 780 g/mol. The molecule has 0 unspecified atom stereocenters. The highest BCUT2D eigenvalue weighted by molar-refractivity contribution is 5.66. The molecule has 8 aliphatic rings. The standard InChI is InChI=1S/C40H60O15/c1-16-14-50-40(35(48)29(16)44)17(2)28-26(55-40)13-24-22-8-7-20-11-21(42)12-27(39(20,6)23(22)9-10-38(24,28)5)53-36-33(31(46)25(43)15-49-36)54-37-34(52-19(4)41)32(47)30(45)18(3)51-37/h7,17-18,21-37,42-48H,1,8-15H2,2-6H3/t17-,18-,21+,22+,23-,24-,25-,26-,27+,28-,29-,30-,31-,32+,33+,34+,35-,36-,37-,38-,39-,40-/m0/s1. The van der Waals surface area contributed by atoms with Gasteiger partial charge in [0.1, 0.15) is 42.7 Å². The van der Waals surface area contributed by atoms with Crippen molar-refractivity contribution in [3.8, 4) is 0 Å². The molecule has 4 heterocycles. The van der Waals surface area contributed by atoms with E-state index in [1.807, 2.05) is 0 Å². The molecular weight excluding hydrogens is 720 g/mol. The number of aliphatic hydroxyl groups is 7. The van der Waals surface area contributed by atoms with E-state index in [0.29, 0.717) is 18.4 Å². The summed E-state index contributed by atoms with van der Waals surface area (Å²) in [5.74, 6) is -1.39. The molecule has 4 aliphatic heterocycles. The van der Waals surface area contributed by atoms with Crippen molar-refractivity contribution in [3.05, 3.63) is 23.8 Å². The summed E-state index contributed by atoms with van der Waals surface area (Å²) in [5.41, 5.74) is 0.893. The van der Waals surface area contributed by atoms with Gasteiger partial charge in [0, 0.05) is 24.7 Å². The van der Waals surface area contributed by atoms with E-state index in [4.69, 9.17) is 33.2 Å². The van der Waals surface area contributed by atoms with Crippen molar-refractivity contribution in [2.75, 3.05) is 13.2 Å². The van der Waals surface area contributed by atoms with Crippen molar-refractivity contribution in [3.63, 3.8) is 0 Å². The Morgan fingerprint density at radius 2 is 1.69 bits per heavy atom. The predicted octanol–water partition coefficient (Wildman–Crippen LogP) is 0.432. The number of carbonyl (C=O) groups is 1. The van der Waals surface area contributed by atoms with Gasteiger partial charge in [-0.05, 0) is 73.7 Å². The number of hydrogen-bond donors (Lipinski definition) is 7. The Morgan fingerprint density at radius 3 is 2.42 bits per heavy atom. The Labute approximate surface area is 321 Å². The normalized spacial score (nSPS) is 56.3. The van der Waals surface area contributed by atoms with Crippen LogP contribution in [0.1, 0.15) is 73.1 Å². The molecule has 0 radical (unpaired) electrons. The highest BCUT2D eigenvalue weighted by atomic mass is 16.8. The molecule has 4 saturated heterocycles. The molecule has 3 saturated carbocycles. The summed E-state index contributed by atoms with van der Waals surface area (Å²) < 4.78 is 43.1. The summed E-state index contributed by atoms with van der Waals surface area (Å²) in [6.07, 6.45) is -9.54. The lowest BCUT2D eigenvalue weighted by Crippen LogP contribution is -2.64. The molecule has 310 valence electrons. The molecule has 22 atom stereocenters. The van der Waals surface area contributed by atoms with E-state index < -0.39 is 96.9 Å². The molecule has 0 amide bonds. The van der Waals surface area contributed by atoms with Crippen molar-refractivity contribution >= 4 is 5.97 Å². The van der Waals surface area contributed by atoms with Crippen molar-refractivity contribution < 1.29 is 73.7 Å². The smallest absolute Gasteiger partial charge is 0.303 e. The van der Waals surface area contributed by atoms with Crippen LogP contribution in [0.15, 0.2) is 23.8 Å². The van der Waals surface area contributed by atoms with Gasteiger partial charge in [-0.15, -0.1) is 0 Å². The van der Waals surface area contributed by atoms with Crippen LogP contribution in [0.3, 0.4) is 0 Å². The largest absolute Gasteiger partial charge is 0.454 e. The first-order chi connectivity index (χ1) is 25.9. The molecule has 0 aromatic carbocycles. The van der Waals surface area contributed by atoms with E-state index in [1.165, 1.54) is 6.92 Å². The molecular formula is C40H60O15. The van der Waals surface area contributed by atoms with E-state index in [0.717, 1.165) is 38.2 Å². The number of aliphatic hydroxyl groups excluding tert-OH is 7. The Hall–Kier alpha value is -1.57. The zero-order valence-corrected chi connectivity index (χ0v) is 32.3. The minimum absolute atomic E-state index is 0.103. The Kier molecular flexibility index (Phi) is 10.5. The van der Waals surface area contributed by atoms with Gasteiger partial charge in [0.15, 0.2) is 18.7 Å². The second-order valence-electron chi connectivity index (χ2n) is 18.3.